The van der Waals surface area contributed by atoms with Gasteiger partial charge in [0.1, 0.15) is 0 Å². The Kier molecular flexibility index (Phi) is 5.14. The lowest BCUT2D eigenvalue weighted by Crippen LogP contribution is -2.42. The van der Waals surface area contributed by atoms with E-state index in [4.69, 9.17) is 0 Å². The van der Waals surface area contributed by atoms with Gasteiger partial charge in [-0.2, -0.15) is 11.8 Å². The summed E-state index contributed by atoms with van der Waals surface area (Å²) < 4.78 is 0. The molecule has 19 heavy (non-hydrogen) atoms. The van der Waals surface area contributed by atoms with Gasteiger partial charge in [-0.05, 0) is 24.7 Å². The lowest BCUT2D eigenvalue weighted by Gasteiger charge is -2.19. The Morgan fingerprint density at radius 2 is 2.00 bits per heavy atom. The average Bonchev–Trinajstić information content (AvgIpc) is 3.25. The minimum absolute atomic E-state index is 0.332. The van der Waals surface area contributed by atoms with Crippen LogP contribution in [0.5, 0.6) is 0 Å². The van der Waals surface area contributed by atoms with Crippen LogP contribution in [0, 0.1) is 0 Å². The molecule has 1 aromatic carbocycles. The minimum Gasteiger partial charge on any atom is -0.356 e. The number of hydrogen-bond acceptors (Lipinski definition) is 2. The van der Waals surface area contributed by atoms with E-state index in [9.17, 15) is 0 Å². The molecule has 0 saturated heterocycles. The molecule has 0 aliphatic heterocycles. The number of guanidine groups is 1. The molecule has 1 saturated carbocycles. The van der Waals surface area contributed by atoms with Crippen LogP contribution in [0.1, 0.15) is 18.4 Å². The molecule has 1 aliphatic rings. The zero-order chi connectivity index (χ0) is 13.6. The Bertz CT molecular complexity index is 413. The molecule has 104 valence electrons. The van der Waals surface area contributed by atoms with Gasteiger partial charge in [0.05, 0.1) is 0 Å². The molecule has 2 rings (SSSR count). The fourth-order valence-electron chi connectivity index (χ4n) is 2.26. The highest BCUT2D eigenvalue weighted by atomic mass is 32.2. The first-order valence-corrected chi connectivity index (χ1v) is 8.19. The maximum Gasteiger partial charge on any atom is 0.191 e. The largest absolute Gasteiger partial charge is 0.356 e. The second-order valence-corrected chi connectivity index (χ2v) is 5.98. The van der Waals surface area contributed by atoms with Crippen LogP contribution in [0.2, 0.25) is 0 Å². The predicted molar refractivity (Wildman–Crippen MR) is 85.1 cm³/mol. The topological polar surface area (TPSA) is 36.4 Å². The summed E-state index contributed by atoms with van der Waals surface area (Å²) in [4.78, 5) is 4.27. The Labute approximate surface area is 120 Å². The van der Waals surface area contributed by atoms with E-state index in [-0.39, 0.29) is 0 Å². The van der Waals surface area contributed by atoms with Crippen LogP contribution in [0.15, 0.2) is 35.3 Å². The Hall–Kier alpha value is -1.16. The maximum absolute atomic E-state index is 4.27. The molecule has 0 amide bonds. The number of benzene rings is 1. The smallest absolute Gasteiger partial charge is 0.191 e. The fourth-order valence-corrected chi connectivity index (χ4v) is 2.56. The van der Waals surface area contributed by atoms with Crippen LogP contribution in [0.4, 0.5) is 0 Å². The van der Waals surface area contributed by atoms with Gasteiger partial charge in [0, 0.05) is 31.3 Å². The zero-order valence-corrected chi connectivity index (χ0v) is 12.6. The van der Waals surface area contributed by atoms with Crippen molar-refractivity contribution in [1.29, 1.82) is 0 Å². The first-order valence-electron chi connectivity index (χ1n) is 6.80. The van der Waals surface area contributed by atoms with E-state index < -0.39 is 0 Å². The van der Waals surface area contributed by atoms with E-state index in [0.29, 0.717) is 5.41 Å². The summed E-state index contributed by atoms with van der Waals surface area (Å²) in [6.45, 7) is 1.93. The van der Waals surface area contributed by atoms with Gasteiger partial charge < -0.3 is 10.6 Å². The first kappa shape index (κ1) is 14.3. The van der Waals surface area contributed by atoms with Crippen LogP contribution in [0.3, 0.4) is 0 Å². The van der Waals surface area contributed by atoms with E-state index >= 15 is 0 Å². The summed E-state index contributed by atoms with van der Waals surface area (Å²) in [5, 5.41) is 6.80. The summed E-state index contributed by atoms with van der Waals surface area (Å²) in [5.41, 5.74) is 1.78. The maximum atomic E-state index is 4.27. The number of thioether (sulfide) groups is 1. The van der Waals surface area contributed by atoms with Crippen LogP contribution >= 0.6 is 11.8 Å². The highest BCUT2D eigenvalue weighted by Crippen LogP contribution is 2.47. The highest BCUT2D eigenvalue weighted by Gasteiger charge is 2.43. The summed E-state index contributed by atoms with van der Waals surface area (Å²) in [7, 11) is 1.83. The molecule has 4 heteroatoms. The Morgan fingerprint density at radius 1 is 1.26 bits per heavy atom. The van der Waals surface area contributed by atoms with E-state index in [2.05, 4.69) is 52.2 Å². The number of nitrogens with zero attached hydrogens (tertiary/aromatic N) is 1. The summed E-state index contributed by atoms with van der Waals surface area (Å²) in [6, 6.07) is 10.8. The number of aliphatic imine (C=N–C) groups is 1. The quantitative estimate of drug-likeness (QED) is 0.476. The third kappa shape index (κ3) is 3.90. The molecule has 2 N–H and O–H groups in total. The monoisotopic (exact) mass is 277 g/mol. The van der Waals surface area contributed by atoms with Crippen molar-refractivity contribution in [3.05, 3.63) is 35.9 Å². The summed E-state index contributed by atoms with van der Waals surface area (Å²) in [6.07, 6.45) is 4.66. The van der Waals surface area contributed by atoms with Crippen molar-refractivity contribution in [1.82, 2.24) is 10.6 Å². The molecule has 0 heterocycles. The first-order chi connectivity index (χ1) is 9.30. The SMILES string of the molecule is CN=C(NCCSC)NCC1(c2ccccc2)CC1. The third-order valence-electron chi connectivity index (χ3n) is 3.66. The predicted octanol–water partition coefficient (Wildman–Crippen LogP) is 2.25. The van der Waals surface area contributed by atoms with Crippen LogP contribution in [0.25, 0.3) is 0 Å². The van der Waals surface area contributed by atoms with E-state index in [0.717, 1.165) is 24.8 Å². The standard InChI is InChI=1S/C15H23N3S/c1-16-14(17-10-11-19-2)18-12-15(8-9-15)13-6-4-3-5-7-13/h3-7H,8-12H2,1-2H3,(H2,16,17,18). The van der Waals surface area contributed by atoms with E-state index in [1.165, 1.54) is 18.4 Å². The molecule has 0 unspecified atom stereocenters. The molecule has 1 fully saturated rings. The minimum atomic E-state index is 0.332. The second kappa shape index (κ2) is 6.85. The third-order valence-corrected chi connectivity index (χ3v) is 4.27. The normalized spacial score (nSPS) is 17.1. The molecule has 0 radical (unpaired) electrons. The molecule has 0 aromatic heterocycles. The van der Waals surface area contributed by atoms with E-state index in [1.54, 1.807) is 0 Å². The van der Waals surface area contributed by atoms with Gasteiger partial charge in [0.2, 0.25) is 0 Å². The van der Waals surface area contributed by atoms with Crippen molar-refractivity contribution in [3.63, 3.8) is 0 Å². The molecule has 1 aliphatic carbocycles. The van der Waals surface area contributed by atoms with Crippen molar-refractivity contribution in [2.75, 3.05) is 32.1 Å². The van der Waals surface area contributed by atoms with Gasteiger partial charge in [-0.1, -0.05) is 30.3 Å². The lowest BCUT2D eigenvalue weighted by atomic mass is 9.96. The van der Waals surface area contributed by atoms with Crippen molar-refractivity contribution in [2.45, 2.75) is 18.3 Å². The Balaban J connectivity index is 1.84. The van der Waals surface area contributed by atoms with Gasteiger partial charge in [-0.25, -0.2) is 0 Å². The molecule has 3 nitrogen and oxygen atoms in total. The summed E-state index contributed by atoms with van der Waals surface area (Å²) >= 11 is 1.84. The van der Waals surface area contributed by atoms with E-state index in [1.807, 2.05) is 18.8 Å². The number of hydrogen-bond donors (Lipinski definition) is 2. The lowest BCUT2D eigenvalue weighted by molar-refractivity contribution is 0.648. The summed E-state index contributed by atoms with van der Waals surface area (Å²) in [5.74, 6) is 2.01. The van der Waals surface area contributed by atoms with Crippen molar-refractivity contribution in [2.24, 2.45) is 4.99 Å². The van der Waals surface area contributed by atoms with Gasteiger partial charge >= 0.3 is 0 Å². The molecule has 1 aromatic rings. The number of nitrogens with one attached hydrogen (secondary N) is 2. The van der Waals surface area contributed by atoms with Gasteiger partial charge in [0.25, 0.3) is 0 Å². The molecule has 0 atom stereocenters. The number of rotatable bonds is 6. The van der Waals surface area contributed by atoms with Gasteiger partial charge in [0.15, 0.2) is 5.96 Å². The van der Waals surface area contributed by atoms with Gasteiger partial charge in [-0.15, -0.1) is 0 Å². The molecular weight excluding hydrogens is 254 g/mol. The van der Waals surface area contributed by atoms with Gasteiger partial charge in [-0.3, -0.25) is 4.99 Å². The van der Waals surface area contributed by atoms with Crippen LogP contribution in [-0.4, -0.2) is 38.1 Å². The Morgan fingerprint density at radius 3 is 2.58 bits per heavy atom. The average molecular weight is 277 g/mol. The van der Waals surface area contributed by atoms with Crippen molar-refractivity contribution in [3.8, 4) is 0 Å². The molecular formula is C15H23N3S. The van der Waals surface area contributed by atoms with Crippen molar-refractivity contribution < 1.29 is 0 Å². The fraction of sp³-hybridized carbons (Fsp3) is 0.533. The van der Waals surface area contributed by atoms with Crippen LogP contribution < -0.4 is 10.6 Å². The van der Waals surface area contributed by atoms with Crippen LogP contribution in [-0.2, 0) is 5.41 Å². The second-order valence-electron chi connectivity index (χ2n) is 4.99. The highest BCUT2D eigenvalue weighted by molar-refractivity contribution is 7.98. The van der Waals surface area contributed by atoms with Crippen molar-refractivity contribution >= 4 is 17.7 Å². The zero-order valence-electron chi connectivity index (χ0n) is 11.8. The molecule has 0 bridgehead atoms. The molecule has 0 spiro atoms.